The molecule has 0 saturated heterocycles. The number of ether oxygens (including phenoxy) is 1. The summed E-state index contributed by atoms with van der Waals surface area (Å²) in [4.78, 5) is 0. The van der Waals surface area contributed by atoms with E-state index in [9.17, 15) is 0 Å². The zero-order valence-corrected chi connectivity index (χ0v) is 12.7. The van der Waals surface area contributed by atoms with E-state index in [2.05, 4.69) is 36.3 Å². The van der Waals surface area contributed by atoms with E-state index in [1.165, 1.54) is 11.1 Å². The molecule has 0 fully saturated rings. The molecule has 3 rings (SSSR count). The number of alkyl halides is 1. The Hall–Kier alpha value is -1.32. The van der Waals surface area contributed by atoms with Gasteiger partial charge in [0.2, 0.25) is 0 Å². The SMILES string of the molecule is Cc1nn(CC2OCCc3ccccc32)c(C)c1CCl. The van der Waals surface area contributed by atoms with Gasteiger partial charge in [0.15, 0.2) is 0 Å². The Balaban J connectivity index is 1.89. The van der Waals surface area contributed by atoms with Gasteiger partial charge < -0.3 is 4.74 Å². The van der Waals surface area contributed by atoms with Crippen LogP contribution in [0, 0.1) is 13.8 Å². The van der Waals surface area contributed by atoms with Gasteiger partial charge in [0.05, 0.1) is 24.7 Å². The molecular weight excluding hydrogens is 272 g/mol. The van der Waals surface area contributed by atoms with E-state index < -0.39 is 0 Å². The summed E-state index contributed by atoms with van der Waals surface area (Å²) in [5.74, 6) is 0.514. The van der Waals surface area contributed by atoms with Crippen LogP contribution < -0.4 is 0 Å². The summed E-state index contributed by atoms with van der Waals surface area (Å²) in [6.07, 6.45) is 1.08. The molecule has 2 heterocycles. The van der Waals surface area contributed by atoms with E-state index in [4.69, 9.17) is 16.3 Å². The Morgan fingerprint density at radius 2 is 2.15 bits per heavy atom. The lowest BCUT2D eigenvalue weighted by Gasteiger charge is -2.26. The molecule has 1 atom stereocenters. The number of hydrogen-bond acceptors (Lipinski definition) is 2. The molecule has 0 aliphatic carbocycles. The molecule has 3 nitrogen and oxygen atoms in total. The highest BCUT2D eigenvalue weighted by Gasteiger charge is 2.22. The zero-order valence-electron chi connectivity index (χ0n) is 11.9. The minimum absolute atomic E-state index is 0.0844. The molecule has 1 aromatic carbocycles. The molecule has 20 heavy (non-hydrogen) atoms. The predicted octanol–water partition coefficient (Wildman–Crippen LogP) is 3.55. The summed E-state index contributed by atoms with van der Waals surface area (Å²) < 4.78 is 7.98. The summed E-state index contributed by atoms with van der Waals surface area (Å²) in [5.41, 5.74) is 5.98. The van der Waals surface area contributed by atoms with Crippen LogP contribution >= 0.6 is 11.6 Å². The first kappa shape index (κ1) is 13.7. The van der Waals surface area contributed by atoms with Crippen LogP contribution in [0.5, 0.6) is 0 Å². The van der Waals surface area contributed by atoms with Crippen molar-refractivity contribution in [1.82, 2.24) is 9.78 Å². The van der Waals surface area contributed by atoms with E-state index in [0.717, 1.165) is 36.5 Å². The van der Waals surface area contributed by atoms with Gasteiger partial charge in [-0.05, 0) is 31.4 Å². The number of aromatic nitrogens is 2. The molecule has 1 aliphatic heterocycles. The summed E-state index contributed by atoms with van der Waals surface area (Å²) in [5, 5.41) is 4.60. The Morgan fingerprint density at radius 3 is 2.90 bits per heavy atom. The van der Waals surface area contributed by atoms with E-state index in [1.54, 1.807) is 0 Å². The molecule has 1 aromatic heterocycles. The molecule has 0 spiro atoms. The molecule has 0 amide bonds. The van der Waals surface area contributed by atoms with Crippen molar-refractivity contribution >= 4 is 11.6 Å². The van der Waals surface area contributed by atoms with Gasteiger partial charge in [0, 0.05) is 11.3 Å². The molecular formula is C16H19ClN2O. The average molecular weight is 291 g/mol. The van der Waals surface area contributed by atoms with Crippen LogP contribution in [0.25, 0.3) is 0 Å². The third-order valence-corrected chi connectivity index (χ3v) is 4.36. The Kier molecular flexibility index (Phi) is 3.81. The largest absolute Gasteiger partial charge is 0.371 e. The van der Waals surface area contributed by atoms with Crippen LogP contribution in [0.15, 0.2) is 24.3 Å². The first-order valence-corrected chi connectivity index (χ1v) is 7.52. The van der Waals surface area contributed by atoms with Crippen molar-refractivity contribution in [3.05, 3.63) is 52.3 Å². The summed E-state index contributed by atoms with van der Waals surface area (Å²) >= 11 is 5.99. The van der Waals surface area contributed by atoms with Crippen LogP contribution in [0.4, 0.5) is 0 Å². The first-order valence-electron chi connectivity index (χ1n) is 6.99. The van der Waals surface area contributed by atoms with Crippen molar-refractivity contribution in [1.29, 1.82) is 0 Å². The second-order valence-electron chi connectivity index (χ2n) is 5.27. The lowest BCUT2D eigenvalue weighted by atomic mass is 9.97. The highest BCUT2D eigenvalue weighted by Crippen LogP contribution is 2.29. The minimum Gasteiger partial charge on any atom is -0.371 e. The highest BCUT2D eigenvalue weighted by molar-refractivity contribution is 6.17. The van der Waals surface area contributed by atoms with Crippen LogP contribution in [0.2, 0.25) is 0 Å². The van der Waals surface area contributed by atoms with E-state index in [1.807, 2.05) is 11.6 Å². The van der Waals surface area contributed by atoms with Crippen molar-refractivity contribution < 1.29 is 4.74 Å². The van der Waals surface area contributed by atoms with Crippen LogP contribution in [-0.2, 0) is 23.6 Å². The number of rotatable bonds is 3. The lowest BCUT2D eigenvalue weighted by Crippen LogP contribution is -2.21. The fraction of sp³-hybridized carbons (Fsp3) is 0.438. The predicted molar refractivity (Wildman–Crippen MR) is 80.1 cm³/mol. The molecule has 0 N–H and O–H groups in total. The second kappa shape index (κ2) is 5.58. The molecule has 0 bridgehead atoms. The summed E-state index contributed by atoms with van der Waals surface area (Å²) in [7, 11) is 0. The van der Waals surface area contributed by atoms with Crippen molar-refractivity contribution in [2.24, 2.45) is 0 Å². The normalized spacial score (nSPS) is 18.1. The maximum Gasteiger partial charge on any atom is 0.102 e. The molecule has 106 valence electrons. The first-order chi connectivity index (χ1) is 9.70. The van der Waals surface area contributed by atoms with E-state index >= 15 is 0 Å². The lowest BCUT2D eigenvalue weighted by molar-refractivity contribution is 0.0278. The van der Waals surface area contributed by atoms with Crippen molar-refractivity contribution in [2.45, 2.75) is 38.8 Å². The van der Waals surface area contributed by atoms with Gasteiger partial charge in [-0.2, -0.15) is 5.10 Å². The molecule has 2 aromatic rings. The Morgan fingerprint density at radius 1 is 1.35 bits per heavy atom. The number of halogens is 1. The number of fused-ring (bicyclic) bond motifs is 1. The number of hydrogen-bond donors (Lipinski definition) is 0. The number of benzene rings is 1. The van der Waals surface area contributed by atoms with Gasteiger partial charge in [-0.1, -0.05) is 24.3 Å². The van der Waals surface area contributed by atoms with Crippen molar-refractivity contribution in [3.63, 3.8) is 0 Å². The maximum atomic E-state index is 5.99. The third kappa shape index (κ3) is 2.36. The van der Waals surface area contributed by atoms with Gasteiger partial charge in [-0.25, -0.2) is 0 Å². The topological polar surface area (TPSA) is 27.1 Å². The van der Waals surface area contributed by atoms with Crippen molar-refractivity contribution in [2.75, 3.05) is 6.61 Å². The molecule has 0 saturated carbocycles. The van der Waals surface area contributed by atoms with Gasteiger partial charge >= 0.3 is 0 Å². The van der Waals surface area contributed by atoms with E-state index in [0.29, 0.717) is 5.88 Å². The zero-order chi connectivity index (χ0) is 14.1. The van der Waals surface area contributed by atoms with Gasteiger partial charge in [0.25, 0.3) is 0 Å². The molecule has 0 radical (unpaired) electrons. The minimum atomic E-state index is 0.0844. The fourth-order valence-corrected chi connectivity index (χ4v) is 3.28. The van der Waals surface area contributed by atoms with Gasteiger partial charge in [0.1, 0.15) is 6.10 Å². The Labute approximate surface area is 124 Å². The van der Waals surface area contributed by atoms with Gasteiger partial charge in [-0.3, -0.25) is 4.68 Å². The second-order valence-corrected chi connectivity index (χ2v) is 5.54. The quantitative estimate of drug-likeness (QED) is 0.808. The van der Waals surface area contributed by atoms with Crippen LogP contribution in [0.3, 0.4) is 0 Å². The van der Waals surface area contributed by atoms with Crippen LogP contribution in [-0.4, -0.2) is 16.4 Å². The van der Waals surface area contributed by atoms with Crippen molar-refractivity contribution in [3.8, 4) is 0 Å². The monoisotopic (exact) mass is 290 g/mol. The summed E-state index contributed by atoms with van der Waals surface area (Å²) in [6.45, 7) is 5.62. The fourth-order valence-electron chi connectivity index (χ4n) is 2.89. The molecule has 1 unspecified atom stereocenters. The highest BCUT2D eigenvalue weighted by atomic mass is 35.5. The Bertz CT molecular complexity index is 621. The molecule has 1 aliphatic rings. The maximum absolute atomic E-state index is 5.99. The standard InChI is InChI=1S/C16H19ClN2O/c1-11-15(9-17)12(2)19(18-11)10-16-14-6-4-3-5-13(14)7-8-20-16/h3-6,16H,7-10H2,1-2H3. The number of aryl methyl sites for hydroxylation is 1. The van der Waals surface area contributed by atoms with Crippen LogP contribution in [0.1, 0.15) is 34.2 Å². The molecule has 4 heteroatoms. The number of nitrogens with zero attached hydrogens (tertiary/aromatic N) is 2. The average Bonchev–Trinajstić information content (AvgIpc) is 2.73. The third-order valence-electron chi connectivity index (χ3n) is 4.10. The van der Waals surface area contributed by atoms with Gasteiger partial charge in [-0.15, -0.1) is 11.6 Å². The summed E-state index contributed by atoms with van der Waals surface area (Å²) in [6, 6.07) is 8.52. The smallest absolute Gasteiger partial charge is 0.102 e. The van der Waals surface area contributed by atoms with E-state index in [-0.39, 0.29) is 6.10 Å².